The van der Waals surface area contributed by atoms with Crippen LogP contribution in [0.2, 0.25) is 5.02 Å². The minimum absolute atomic E-state index is 0.268. The van der Waals surface area contributed by atoms with Crippen molar-refractivity contribution in [1.82, 2.24) is 4.90 Å². The number of anilines is 1. The third-order valence-corrected chi connectivity index (χ3v) is 3.48. The van der Waals surface area contributed by atoms with Crippen LogP contribution in [0.4, 0.5) is 10.1 Å². The predicted octanol–water partition coefficient (Wildman–Crippen LogP) is 3.64. The Labute approximate surface area is 128 Å². The summed E-state index contributed by atoms with van der Waals surface area (Å²) in [5.41, 5.74) is 8.07. The van der Waals surface area contributed by atoms with Gasteiger partial charge in [0.1, 0.15) is 5.82 Å². The van der Waals surface area contributed by atoms with Crippen LogP contribution in [0.5, 0.6) is 0 Å². The lowest BCUT2D eigenvalue weighted by atomic mass is 10.1. The number of hydrogen-bond acceptors (Lipinski definition) is 2. The maximum atomic E-state index is 13.4. The third-order valence-electron chi connectivity index (χ3n) is 3.11. The van der Waals surface area contributed by atoms with Gasteiger partial charge in [-0.25, -0.2) is 4.39 Å². The van der Waals surface area contributed by atoms with Crippen molar-refractivity contribution in [2.24, 2.45) is 0 Å². The summed E-state index contributed by atoms with van der Waals surface area (Å²) >= 11 is 6.09. The second kappa shape index (κ2) is 6.14. The molecule has 3 nitrogen and oxygen atoms in total. The van der Waals surface area contributed by atoms with Gasteiger partial charge in [0.25, 0.3) is 5.91 Å². The SMILES string of the molecule is Cc1cc(F)cc(C(=O)N(C)Cc2cc(N)ccc2Cl)c1. The number of rotatable bonds is 3. The van der Waals surface area contributed by atoms with Gasteiger partial charge >= 0.3 is 0 Å². The zero-order chi connectivity index (χ0) is 15.6. The van der Waals surface area contributed by atoms with Crippen LogP contribution in [0.15, 0.2) is 36.4 Å². The van der Waals surface area contributed by atoms with E-state index in [9.17, 15) is 9.18 Å². The van der Waals surface area contributed by atoms with Crippen LogP contribution >= 0.6 is 11.6 Å². The normalized spacial score (nSPS) is 10.5. The standard InChI is InChI=1S/C16H16ClFN2O/c1-10-5-11(7-13(18)6-10)16(21)20(2)9-12-8-14(19)3-4-15(12)17/h3-8H,9,19H2,1-2H3. The van der Waals surface area contributed by atoms with E-state index in [1.165, 1.54) is 17.0 Å². The first-order valence-corrected chi connectivity index (χ1v) is 6.81. The van der Waals surface area contributed by atoms with Gasteiger partial charge in [-0.15, -0.1) is 0 Å². The fourth-order valence-corrected chi connectivity index (χ4v) is 2.30. The van der Waals surface area contributed by atoms with Crippen molar-refractivity contribution in [2.45, 2.75) is 13.5 Å². The number of nitrogen functional groups attached to an aromatic ring is 1. The molecule has 2 aromatic rings. The molecular formula is C16H16ClFN2O. The molecule has 0 saturated carbocycles. The first-order valence-electron chi connectivity index (χ1n) is 6.43. The Morgan fingerprint density at radius 1 is 1.29 bits per heavy atom. The maximum Gasteiger partial charge on any atom is 0.254 e. The van der Waals surface area contributed by atoms with Crippen LogP contribution in [-0.4, -0.2) is 17.9 Å². The van der Waals surface area contributed by atoms with Crippen molar-refractivity contribution >= 4 is 23.2 Å². The van der Waals surface area contributed by atoms with Gasteiger partial charge in [-0.3, -0.25) is 4.79 Å². The molecule has 1 amide bonds. The number of benzene rings is 2. The molecule has 0 aromatic heterocycles. The lowest BCUT2D eigenvalue weighted by Crippen LogP contribution is -2.26. The summed E-state index contributed by atoms with van der Waals surface area (Å²) in [5, 5.41) is 0.541. The average molecular weight is 307 g/mol. The van der Waals surface area contributed by atoms with Gasteiger partial charge in [-0.05, 0) is 54.4 Å². The first-order chi connectivity index (χ1) is 9.86. The van der Waals surface area contributed by atoms with Crippen molar-refractivity contribution in [3.8, 4) is 0 Å². The molecule has 0 radical (unpaired) electrons. The largest absolute Gasteiger partial charge is 0.399 e. The molecule has 0 aliphatic carbocycles. The Kier molecular flexibility index (Phi) is 4.48. The van der Waals surface area contributed by atoms with E-state index in [0.29, 0.717) is 28.4 Å². The van der Waals surface area contributed by atoms with E-state index in [4.69, 9.17) is 17.3 Å². The van der Waals surface area contributed by atoms with Crippen LogP contribution in [0.3, 0.4) is 0 Å². The molecule has 2 rings (SSSR count). The smallest absolute Gasteiger partial charge is 0.254 e. The highest BCUT2D eigenvalue weighted by molar-refractivity contribution is 6.31. The predicted molar refractivity (Wildman–Crippen MR) is 82.8 cm³/mol. The molecule has 2 aromatic carbocycles. The Morgan fingerprint density at radius 3 is 2.67 bits per heavy atom. The number of nitrogens with two attached hydrogens (primary N) is 1. The molecule has 21 heavy (non-hydrogen) atoms. The molecule has 0 spiro atoms. The molecule has 0 atom stereocenters. The number of carbonyl (C=O) groups is 1. The number of carbonyl (C=O) groups excluding carboxylic acids is 1. The molecule has 110 valence electrons. The van der Waals surface area contributed by atoms with E-state index in [-0.39, 0.29) is 5.91 Å². The second-order valence-electron chi connectivity index (χ2n) is 5.03. The Hall–Kier alpha value is -2.07. The minimum Gasteiger partial charge on any atom is -0.399 e. The molecule has 0 fully saturated rings. The fourth-order valence-electron chi connectivity index (χ4n) is 2.12. The highest BCUT2D eigenvalue weighted by atomic mass is 35.5. The van der Waals surface area contributed by atoms with E-state index in [1.807, 2.05) is 0 Å². The molecule has 0 unspecified atom stereocenters. The van der Waals surface area contributed by atoms with Crippen LogP contribution in [0.1, 0.15) is 21.5 Å². The summed E-state index contributed by atoms with van der Waals surface area (Å²) < 4.78 is 13.4. The topological polar surface area (TPSA) is 46.3 Å². The Balaban J connectivity index is 2.21. The third kappa shape index (κ3) is 3.73. The molecule has 2 N–H and O–H groups in total. The summed E-state index contributed by atoms with van der Waals surface area (Å²) in [6.07, 6.45) is 0. The molecule has 5 heteroatoms. The van der Waals surface area contributed by atoms with Gasteiger partial charge in [-0.1, -0.05) is 11.6 Å². The number of amides is 1. The molecule has 0 heterocycles. The lowest BCUT2D eigenvalue weighted by Gasteiger charge is -2.18. The second-order valence-corrected chi connectivity index (χ2v) is 5.44. The van der Waals surface area contributed by atoms with Crippen molar-refractivity contribution in [1.29, 1.82) is 0 Å². The molecule has 0 aliphatic heterocycles. The van der Waals surface area contributed by atoms with Gasteiger partial charge in [0, 0.05) is 29.9 Å². The van der Waals surface area contributed by atoms with E-state index in [2.05, 4.69) is 0 Å². The maximum absolute atomic E-state index is 13.4. The number of nitrogens with zero attached hydrogens (tertiary/aromatic N) is 1. The van der Waals surface area contributed by atoms with Crippen molar-refractivity contribution < 1.29 is 9.18 Å². The minimum atomic E-state index is -0.422. The van der Waals surface area contributed by atoms with Gasteiger partial charge in [0.05, 0.1) is 0 Å². The van der Waals surface area contributed by atoms with E-state index < -0.39 is 5.82 Å². The zero-order valence-electron chi connectivity index (χ0n) is 11.9. The number of aryl methyl sites for hydroxylation is 1. The van der Waals surface area contributed by atoms with Crippen molar-refractivity contribution in [3.63, 3.8) is 0 Å². The van der Waals surface area contributed by atoms with Gasteiger partial charge < -0.3 is 10.6 Å². The summed E-state index contributed by atoms with van der Waals surface area (Å²) in [7, 11) is 1.64. The van der Waals surface area contributed by atoms with E-state index in [1.54, 1.807) is 38.2 Å². The van der Waals surface area contributed by atoms with Crippen molar-refractivity contribution in [3.05, 3.63) is 63.9 Å². The first kappa shape index (κ1) is 15.3. The summed E-state index contributed by atoms with van der Waals surface area (Å²) in [4.78, 5) is 13.8. The van der Waals surface area contributed by atoms with E-state index in [0.717, 1.165) is 5.56 Å². The summed E-state index contributed by atoms with van der Waals surface area (Å²) in [5.74, 6) is -0.690. The molecule has 0 bridgehead atoms. The van der Waals surface area contributed by atoms with Crippen molar-refractivity contribution in [2.75, 3.05) is 12.8 Å². The number of hydrogen-bond donors (Lipinski definition) is 1. The zero-order valence-corrected chi connectivity index (χ0v) is 12.6. The summed E-state index contributed by atoms with van der Waals surface area (Å²) in [6, 6.07) is 9.38. The monoisotopic (exact) mass is 306 g/mol. The van der Waals surface area contributed by atoms with Gasteiger partial charge in [-0.2, -0.15) is 0 Å². The van der Waals surface area contributed by atoms with Crippen LogP contribution in [-0.2, 0) is 6.54 Å². The Morgan fingerprint density at radius 2 is 2.00 bits per heavy atom. The fraction of sp³-hybridized carbons (Fsp3) is 0.188. The van der Waals surface area contributed by atoms with Crippen LogP contribution in [0, 0.1) is 12.7 Å². The van der Waals surface area contributed by atoms with E-state index >= 15 is 0 Å². The van der Waals surface area contributed by atoms with Crippen LogP contribution < -0.4 is 5.73 Å². The van der Waals surface area contributed by atoms with Gasteiger partial charge in [0.15, 0.2) is 0 Å². The number of halogens is 2. The average Bonchev–Trinajstić information content (AvgIpc) is 2.41. The molecule has 0 saturated heterocycles. The molecule has 0 aliphatic rings. The molecular weight excluding hydrogens is 291 g/mol. The lowest BCUT2D eigenvalue weighted by molar-refractivity contribution is 0.0784. The van der Waals surface area contributed by atoms with Crippen LogP contribution in [0.25, 0.3) is 0 Å². The quantitative estimate of drug-likeness (QED) is 0.880. The van der Waals surface area contributed by atoms with Gasteiger partial charge in [0.2, 0.25) is 0 Å². The highest BCUT2D eigenvalue weighted by Crippen LogP contribution is 2.21. The summed E-state index contributed by atoms with van der Waals surface area (Å²) in [6.45, 7) is 2.05. The Bertz CT molecular complexity index is 668. The highest BCUT2D eigenvalue weighted by Gasteiger charge is 2.15.